The van der Waals surface area contributed by atoms with Gasteiger partial charge in [0.15, 0.2) is 0 Å². The molecule has 0 aromatic carbocycles. The van der Waals surface area contributed by atoms with E-state index >= 15 is 0 Å². The highest BCUT2D eigenvalue weighted by Gasteiger charge is 2.04. The van der Waals surface area contributed by atoms with E-state index in [2.05, 4.69) is 6.92 Å². The van der Waals surface area contributed by atoms with Crippen LogP contribution in [0, 0.1) is 0 Å². The van der Waals surface area contributed by atoms with Crippen LogP contribution in [0.15, 0.2) is 0 Å². The van der Waals surface area contributed by atoms with E-state index in [1.807, 2.05) is 0 Å². The Balaban J connectivity index is 3.10. The molecular weight excluding hydrogens is 296 g/mol. The molecule has 0 bridgehead atoms. The molecule has 0 aliphatic carbocycles. The molecule has 0 rings (SSSR count). The van der Waals surface area contributed by atoms with Crippen molar-refractivity contribution in [3.8, 4) is 0 Å². The smallest absolute Gasteiger partial charge is 0.371 e. The summed E-state index contributed by atoms with van der Waals surface area (Å²) in [4.78, 5) is 10.4. The highest BCUT2D eigenvalue weighted by atomic mass is 32.2. The Hall–Kier alpha value is 0.260. The second kappa shape index (κ2) is 14.7. The van der Waals surface area contributed by atoms with Gasteiger partial charge in [0.25, 0.3) is 0 Å². The van der Waals surface area contributed by atoms with E-state index in [1.165, 1.54) is 69.5 Å². The lowest BCUT2D eigenvalue weighted by molar-refractivity contribution is 0.222. The SMILES string of the molecule is CCCCCCCCCCCCSC(=S)SC(=O)O. The summed E-state index contributed by atoms with van der Waals surface area (Å²) in [5, 5.41) is 7.62. The van der Waals surface area contributed by atoms with Crippen LogP contribution in [0.5, 0.6) is 0 Å². The van der Waals surface area contributed by atoms with Gasteiger partial charge in [-0.25, -0.2) is 4.79 Å². The van der Waals surface area contributed by atoms with Crippen molar-refractivity contribution in [3.63, 3.8) is 0 Å². The maximum Gasteiger partial charge on any atom is 0.371 e. The Labute approximate surface area is 131 Å². The van der Waals surface area contributed by atoms with Gasteiger partial charge in [-0.2, -0.15) is 0 Å². The fourth-order valence-corrected chi connectivity index (χ4v) is 3.67. The molecular formula is C14H26O2S3. The van der Waals surface area contributed by atoms with Crippen LogP contribution < -0.4 is 0 Å². The highest BCUT2D eigenvalue weighted by Crippen LogP contribution is 2.19. The third kappa shape index (κ3) is 16.2. The van der Waals surface area contributed by atoms with Crippen LogP contribution in [0.2, 0.25) is 0 Å². The Bertz CT molecular complexity index is 245. The monoisotopic (exact) mass is 322 g/mol. The van der Waals surface area contributed by atoms with E-state index in [9.17, 15) is 4.79 Å². The van der Waals surface area contributed by atoms with Gasteiger partial charge in [0.1, 0.15) is 3.53 Å². The van der Waals surface area contributed by atoms with Crippen molar-refractivity contribution in [1.82, 2.24) is 0 Å². The van der Waals surface area contributed by atoms with Gasteiger partial charge in [-0.1, -0.05) is 76.9 Å². The molecule has 0 fully saturated rings. The van der Waals surface area contributed by atoms with Crippen LogP contribution >= 0.6 is 35.7 Å². The largest absolute Gasteiger partial charge is 0.473 e. The minimum atomic E-state index is -0.902. The Morgan fingerprint density at radius 2 is 1.42 bits per heavy atom. The number of rotatable bonds is 11. The van der Waals surface area contributed by atoms with E-state index < -0.39 is 5.30 Å². The third-order valence-electron chi connectivity index (χ3n) is 2.89. The van der Waals surface area contributed by atoms with Gasteiger partial charge >= 0.3 is 5.30 Å². The molecule has 0 aromatic heterocycles. The lowest BCUT2D eigenvalue weighted by Gasteiger charge is -2.02. The fraction of sp³-hybridized carbons (Fsp3) is 0.857. The van der Waals surface area contributed by atoms with Crippen LogP contribution in [0.4, 0.5) is 4.79 Å². The van der Waals surface area contributed by atoms with Crippen LogP contribution in [0.3, 0.4) is 0 Å². The lowest BCUT2D eigenvalue weighted by atomic mass is 10.1. The van der Waals surface area contributed by atoms with E-state index in [-0.39, 0.29) is 0 Å². The van der Waals surface area contributed by atoms with Crippen molar-refractivity contribution in [1.29, 1.82) is 0 Å². The van der Waals surface area contributed by atoms with Crippen molar-refractivity contribution in [2.24, 2.45) is 0 Å². The zero-order valence-corrected chi connectivity index (χ0v) is 14.3. The molecule has 0 atom stereocenters. The third-order valence-corrected chi connectivity index (χ3v) is 5.17. The average Bonchev–Trinajstić information content (AvgIpc) is 2.35. The number of hydrogen-bond donors (Lipinski definition) is 1. The summed E-state index contributed by atoms with van der Waals surface area (Å²) in [5.74, 6) is 0.954. The standard InChI is InChI=1S/C14H26O2S3/c1-2-3-4-5-6-7-8-9-10-11-12-18-14(17)19-13(15)16/h2-12H2,1H3,(H,15,16). The van der Waals surface area contributed by atoms with E-state index in [4.69, 9.17) is 17.3 Å². The second-order valence-corrected chi connectivity index (χ2v) is 7.90. The minimum Gasteiger partial charge on any atom is -0.473 e. The molecule has 1 N–H and O–H groups in total. The first-order valence-electron chi connectivity index (χ1n) is 7.24. The predicted molar refractivity (Wildman–Crippen MR) is 92.5 cm³/mol. The fourth-order valence-electron chi connectivity index (χ4n) is 1.85. The molecule has 2 nitrogen and oxygen atoms in total. The second-order valence-electron chi connectivity index (χ2n) is 4.65. The molecule has 0 radical (unpaired) electrons. The normalized spacial score (nSPS) is 10.6. The number of hydrogen-bond acceptors (Lipinski definition) is 4. The summed E-state index contributed by atoms with van der Waals surface area (Å²) in [6.45, 7) is 2.25. The van der Waals surface area contributed by atoms with Crippen molar-refractivity contribution in [2.45, 2.75) is 71.1 Å². The van der Waals surface area contributed by atoms with Gasteiger partial charge in [0, 0.05) is 11.8 Å². The summed E-state index contributed by atoms with van der Waals surface area (Å²) in [6.07, 6.45) is 13.3. The first-order valence-corrected chi connectivity index (χ1v) is 9.45. The van der Waals surface area contributed by atoms with Gasteiger partial charge in [0.2, 0.25) is 0 Å². The van der Waals surface area contributed by atoms with Crippen LogP contribution in [0.25, 0.3) is 0 Å². The first kappa shape index (κ1) is 19.3. The van der Waals surface area contributed by atoms with Crippen molar-refractivity contribution in [3.05, 3.63) is 0 Å². The summed E-state index contributed by atoms with van der Waals surface area (Å²) in [5.41, 5.74) is 0. The van der Waals surface area contributed by atoms with E-state index in [0.717, 1.165) is 23.9 Å². The van der Waals surface area contributed by atoms with Crippen molar-refractivity contribution in [2.75, 3.05) is 5.75 Å². The molecule has 0 aromatic rings. The lowest BCUT2D eigenvalue weighted by Crippen LogP contribution is -1.91. The van der Waals surface area contributed by atoms with Gasteiger partial charge in [-0.3, -0.25) is 0 Å². The highest BCUT2D eigenvalue weighted by molar-refractivity contribution is 8.51. The molecule has 0 heterocycles. The minimum absolute atomic E-state index is 0.531. The van der Waals surface area contributed by atoms with Crippen molar-refractivity contribution >= 4 is 44.6 Å². The van der Waals surface area contributed by atoms with E-state index in [1.54, 1.807) is 0 Å². The molecule has 112 valence electrons. The Morgan fingerprint density at radius 1 is 0.947 bits per heavy atom. The zero-order valence-electron chi connectivity index (χ0n) is 11.9. The molecule has 0 spiro atoms. The van der Waals surface area contributed by atoms with E-state index in [0.29, 0.717) is 3.53 Å². The molecule has 19 heavy (non-hydrogen) atoms. The maximum absolute atomic E-state index is 10.4. The molecule has 0 amide bonds. The van der Waals surface area contributed by atoms with Gasteiger partial charge in [-0.15, -0.1) is 11.8 Å². The maximum atomic E-state index is 10.4. The molecule has 0 saturated carbocycles. The number of unbranched alkanes of at least 4 members (excludes halogenated alkanes) is 9. The molecule has 0 aliphatic heterocycles. The van der Waals surface area contributed by atoms with Gasteiger partial charge in [-0.05, 0) is 12.2 Å². The molecule has 0 aliphatic rings. The Morgan fingerprint density at radius 3 is 1.89 bits per heavy atom. The topological polar surface area (TPSA) is 37.3 Å². The Kier molecular flexibility index (Phi) is 14.9. The molecule has 5 heteroatoms. The van der Waals surface area contributed by atoms with Crippen LogP contribution in [-0.4, -0.2) is 19.7 Å². The van der Waals surface area contributed by atoms with Gasteiger partial charge in [0.05, 0.1) is 0 Å². The predicted octanol–water partition coefficient (Wildman–Crippen LogP) is 6.34. The van der Waals surface area contributed by atoms with Crippen LogP contribution in [-0.2, 0) is 0 Å². The quantitative estimate of drug-likeness (QED) is 0.355. The average molecular weight is 323 g/mol. The summed E-state index contributed by atoms with van der Waals surface area (Å²) in [6, 6.07) is 0. The number of thioether (sulfide) groups is 2. The zero-order chi connectivity index (χ0) is 14.3. The first-order chi connectivity index (χ1) is 9.16. The van der Waals surface area contributed by atoms with Crippen molar-refractivity contribution < 1.29 is 9.90 Å². The number of carbonyl (C=O) groups is 1. The van der Waals surface area contributed by atoms with Crippen LogP contribution in [0.1, 0.15) is 71.1 Å². The summed E-state index contributed by atoms with van der Waals surface area (Å²) >= 11 is 7.19. The summed E-state index contributed by atoms with van der Waals surface area (Å²) in [7, 11) is 0. The van der Waals surface area contributed by atoms with Gasteiger partial charge < -0.3 is 5.11 Å². The molecule has 0 saturated heterocycles. The number of thiocarbonyl (C=S) groups is 1. The summed E-state index contributed by atoms with van der Waals surface area (Å²) < 4.78 is 0.531. The molecule has 0 unspecified atom stereocenters. The number of carboxylic acid groups (broad SMARTS) is 1.